The van der Waals surface area contributed by atoms with E-state index in [0.29, 0.717) is 29.1 Å². The highest BCUT2D eigenvalue weighted by Gasteiger charge is 2.14. The number of benzene rings is 2. The van der Waals surface area contributed by atoms with Gasteiger partial charge >= 0.3 is 5.97 Å². The maximum absolute atomic E-state index is 12.3. The Morgan fingerprint density at radius 3 is 2.00 bits per heavy atom. The lowest BCUT2D eigenvalue weighted by molar-refractivity contribution is -0.117. The third-order valence-electron chi connectivity index (χ3n) is 4.21. The molecule has 2 aromatic carbocycles. The molecule has 0 aliphatic carbocycles. The average molecular weight is 396 g/mol. The Balaban J connectivity index is 1.96. The van der Waals surface area contributed by atoms with Gasteiger partial charge in [-0.25, -0.2) is 4.79 Å². The number of nitrogens with one attached hydrogen (secondary N) is 1. The van der Waals surface area contributed by atoms with Crippen molar-refractivity contribution in [1.29, 1.82) is 0 Å². The molecular weight excluding hydrogens is 372 g/mol. The number of hydrogen-bond donors (Lipinski definition) is 1. The fraction of sp³-hybridized carbons (Fsp3) is 0.273. The van der Waals surface area contributed by atoms with Crippen LogP contribution in [0.5, 0.6) is 0 Å². The summed E-state index contributed by atoms with van der Waals surface area (Å²) in [5.41, 5.74) is 2.13. The minimum atomic E-state index is -0.418. The van der Waals surface area contributed by atoms with Crippen LogP contribution in [0.2, 0.25) is 0 Å². The van der Waals surface area contributed by atoms with Crippen molar-refractivity contribution in [1.82, 2.24) is 0 Å². The van der Waals surface area contributed by atoms with Crippen molar-refractivity contribution in [3.05, 3.63) is 59.7 Å². The maximum atomic E-state index is 12.3. The molecule has 152 valence electrons. The number of rotatable bonds is 8. The van der Waals surface area contributed by atoms with Gasteiger partial charge in [-0.05, 0) is 62.4 Å². The Morgan fingerprint density at radius 1 is 0.897 bits per heavy atom. The van der Waals surface area contributed by atoms with Crippen molar-refractivity contribution in [2.45, 2.75) is 27.2 Å². The van der Waals surface area contributed by atoms with Gasteiger partial charge in [-0.3, -0.25) is 14.4 Å². The minimum absolute atomic E-state index is 0.0562. The largest absolute Gasteiger partial charge is 0.462 e. The zero-order valence-corrected chi connectivity index (χ0v) is 16.7. The normalized spacial score (nSPS) is 10.2. The standard InChI is InChI=1S/C22H24N2O5/c1-4-29-22(28)18-5-9-19(10-6-18)23-21(27)13-14-24(16(3)26)20-11-7-17(8-12-20)15(2)25/h5-12H,4,13-14H2,1-3H3,(H,23,27). The molecule has 0 unspecified atom stereocenters. The van der Waals surface area contributed by atoms with Crippen molar-refractivity contribution in [2.75, 3.05) is 23.4 Å². The monoisotopic (exact) mass is 396 g/mol. The van der Waals surface area contributed by atoms with Crippen LogP contribution >= 0.6 is 0 Å². The second-order valence-electron chi connectivity index (χ2n) is 6.37. The van der Waals surface area contributed by atoms with Crippen LogP contribution in [0, 0.1) is 0 Å². The predicted molar refractivity (Wildman–Crippen MR) is 110 cm³/mol. The molecule has 0 heterocycles. The van der Waals surface area contributed by atoms with Gasteiger partial charge in [0.05, 0.1) is 12.2 Å². The van der Waals surface area contributed by atoms with Crippen molar-refractivity contribution in [3.8, 4) is 0 Å². The number of amides is 2. The number of nitrogens with zero attached hydrogens (tertiary/aromatic N) is 1. The third kappa shape index (κ3) is 6.27. The summed E-state index contributed by atoms with van der Waals surface area (Å²) < 4.78 is 4.92. The number of esters is 1. The molecule has 2 amide bonds. The first-order chi connectivity index (χ1) is 13.8. The minimum Gasteiger partial charge on any atom is -0.462 e. The molecule has 2 aromatic rings. The SMILES string of the molecule is CCOC(=O)c1ccc(NC(=O)CCN(C(C)=O)c2ccc(C(C)=O)cc2)cc1. The molecule has 0 bridgehead atoms. The number of anilines is 2. The Kier molecular flexibility index (Phi) is 7.65. The van der Waals surface area contributed by atoms with Gasteiger partial charge in [0.2, 0.25) is 11.8 Å². The molecule has 0 saturated heterocycles. The maximum Gasteiger partial charge on any atom is 0.338 e. The Bertz CT molecular complexity index is 888. The first-order valence-corrected chi connectivity index (χ1v) is 9.28. The molecule has 0 saturated carbocycles. The van der Waals surface area contributed by atoms with Gasteiger partial charge in [-0.1, -0.05) is 0 Å². The first kappa shape index (κ1) is 21.8. The van der Waals surface area contributed by atoms with Gasteiger partial charge < -0.3 is 15.0 Å². The Hall–Kier alpha value is -3.48. The quantitative estimate of drug-likeness (QED) is 0.545. The summed E-state index contributed by atoms with van der Waals surface area (Å²) in [5, 5.41) is 2.74. The topological polar surface area (TPSA) is 92.8 Å². The van der Waals surface area contributed by atoms with Crippen LogP contribution in [0.15, 0.2) is 48.5 Å². The van der Waals surface area contributed by atoms with Crippen LogP contribution in [0.1, 0.15) is 47.9 Å². The number of ketones is 1. The van der Waals surface area contributed by atoms with Gasteiger partial charge in [0.25, 0.3) is 0 Å². The van der Waals surface area contributed by atoms with Crippen LogP contribution in [-0.2, 0) is 14.3 Å². The summed E-state index contributed by atoms with van der Waals surface area (Å²) in [7, 11) is 0. The summed E-state index contributed by atoms with van der Waals surface area (Å²) in [6, 6.07) is 13.1. The molecular formula is C22H24N2O5. The van der Waals surface area contributed by atoms with Crippen molar-refractivity contribution in [3.63, 3.8) is 0 Å². The van der Waals surface area contributed by atoms with E-state index in [9.17, 15) is 19.2 Å². The van der Waals surface area contributed by atoms with E-state index in [1.165, 1.54) is 18.7 Å². The van der Waals surface area contributed by atoms with Gasteiger partial charge in [0.15, 0.2) is 5.78 Å². The molecule has 1 N–H and O–H groups in total. The molecule has 29 heavy (non-hydrogen) atoms. The highest BCUT2D eigenvalue weighted by molar-refractivity contribution is 5.97. The van der Waals surface area contributed by atoms with Crippen molar-refractivity contribution < 1.29 is 23.9 Å². The number of ether oxygens (including phenoxy) is 1. The van der Waals surface area contributed by atoms with E-state index in [1.54, 1.807) is 55.5 Å². The molecule has 7 heteroatoms. The summed E-state index contributed by atoms with van der Waals surface area (Å²) in [6.45, 7) is 5.11. The van der Waals surface area contributed by atoms with Crippen LogP contribution in [0.3, 0.4) is 0 Å². The van der Waals surface area contributed by atoms with Crippen LogP contribution in [0.25, 0.3) is 0 Å². The predicted octanol–water partition coefficient (Wildman–Crippen LogP) is 3.45. The highest BCUT2D eigenvalue weighted by atomic mass is 16.5. The van der Waals surface area contributed by atoms with Crippen LogP contribution < -0.4 is 10.2 Å². The molecule has 0 aromatic heterocycles. The highest BCUT2D eigenvalue weighted by Crippen LogP contribution is 2.17. The number of hydrogen-bond acceptors (Lipinski definition) is 5. The summed E-state index contributed by atoms with van der Waals surface area (Å²) >= 11 is 0. The van der Waals surface area contributed by atoms with Gasteiger partial charge in [-0.2, -0.15) is 0 Å². The van der Waals surface area contributed by atoms with Crippen LogP contribution in [-0.4, -0.2) is 36.7 Å². The third-order valence-corrected chi connectivity index (χ3v) is 4.21. The van der Waals surface area contributed by atoms with E-state index >= 15 is 0 Å². The molecule has 0 atom stereocenters. The van der Waals surface area contributed by atoms with E-state index < -0.39 is 5.97 Å². The Morgan fingerprint density at radius 2 is 1.48 bits per heavy atom. The zero-order valence-electron chi connectivity index (χ0n) is 16.7. The lowest BCUT2D eigenvalue weighted by Gasteiger charge is -2.21. The first-order valence-electron chi connectivity index (χ1n) is 9.28. The second kappa shape index (κ2) is 10.2. The van der Waals surface area contributed by atoms with Crippen molar-refractivity contribution in [2.24, 2.45) is 0 Å². The van der Waals surface area contributed by atoms with E-state index in [0.717, 1.165) is 0 Å². The smallest absolute Gasteiger partial charge is 0.338 e. The van der Waals surface area contributed by atoms with Crippen molar-refractivity contribution >= 4 is 34.9 Å². The van der Waals surface area contributed by atoms with E-state index in [-0.39, 0.29) is 30.6 Å². The Labute approximate surface area is 169 Å². The molecule has 0 aliphatic rings. The second-order valence-corrected chi connectivity index (χ2v) is 6.37. The molecule has 7 nitrogen and oxygen atoms in total. The van der Waals surface area contributed by atoms with E-state index in [1.807, 2.05) is 0 Å². The van der Waals surface area contributed by atoms with Gasteiger partial charge in [0.1, 0.15) is 0 Å². The van der Waals surface area contributed by atoms with E-state index in [4.69, 9.17) is 4.74 Å². The molecule has 0 fully saturated rings. The number of carbonyl (C=O) groups is 4. The zero-order chi connectivity index (χ0) is 21.4. The van der Waals surface area contributed by atoms with Gasteiger partial charge in [-0.15, -0.1) is 0 Å². The lowest BCUT2D eigenvalue weighted by Crippen LogP contribution is -2.32. The summed E-state index contributed by atoms with van der Waals surface area (Å²) in [6.07, 6.45) is 0.0909. The van der Waals surface area contributed by atoms with Gasteiger partial charge in [0, 0.05) is 36.8 Å². The van der Waals surface area contributed by atoms with Crippen LogP contribution in [0.4, 0.5) is 11.4 Å². The fourth-order valence-electron chi connectivity index (χ4n) is 2.69. The van der Waals surface area contributed by atoms with E-state index in [2.05, 4.69) is 5.32 Å². The average Bonchev–Trinajstić information content (AvgIpc) is 2.69. The molecule has 0 spiro atoms. The lowest BCUT2D eigenvalue weighted by atomic mass is 10.1. The number of carbonyl (C=O) groups excluding carboxylic acids is 4. The molecule has 2 rings (SSSR count). The molecule has 0 radical (unpaired) electrons. The summed E-state index contributed by atoms with van der Waals surface area (Å²) in [4.78, 5) is 48.7. The number of Topliss-reactive ketones (excluding diaryl/α,β-unsaturated/α-hetero) is 1. The molecule has 0 aliphatic heterocycles. The summed E-state index contributed by atoms with van der Waals surface area (Å²) in [5.74, 6) is -0.940. The fourth-order valence-corrected chi connectivity index (χ4v) is 2.69.